The van der Waals surface area contributed by atoms with Crippen LogP contribution in [0.1, 0.15) is 90.9 Å². The van der Waals surface area contributed by atoms with E-state index in [1.807, 2.05) is 0 Å². The highest BCUT2D eigenvalue weighted by Gasteiger charge is 1.89. The Morgan fingerprint density at radius 2 is 1.00 bits per heavy atom. The van der Waals surface area contributed by atoms with Crippen molar-refractivity contribution in [3.63, 3.8) is 0 Å². The minimum absolute atomic E-state index is 1.27. The van der Waals surface area contributed by atoms with Crippen LogP contribution in [-0.4, -0.2) is 0 Å². The molecular formula is C18H34. The molecule has 0 saturated heterocycles. The molecular weight excluding hydrogens is 216 g/mol. The molecule has 0 radical (unpaired) electrons. The minimum atomic E-state index is 1.27. The zero-order valence-corrected chi connectivity index (χ0v) is 12.8. The van der Waals surface area contributed by atoms with Gasteiger partial charge in [0.25, 0.3) is 0 Å². The maximum absolute atomic E-state index is 2.39. The summed E-state index contributed by atoms with van der Waals surface area (Å²) < 4.78 is 0. The highest BCUT2D eigenvalue weighted by atomic mass is 14.0. The van der Waals surface area contributed by atoms with E-state index in [0.29, 0.717) is 0 Å². The molecule has 0 aliphatic rings. The van der Waals surface area contributed by atoms with E-state index < -0.39 is 0 Å². The van der Waals surface area contributed by atoms with Crippen molar-refractivity contribution in [1.82, 2.24) is 0 Å². The smallest absolute Gasteiger partial charge is 0.0351 e. The van der Waals surface area contributed by atoms with Crippen LogP contribution in [0.3, 0.4) is 0 Å². The van der Waals surface area contributed by atoms with Crippen molar-refractivity contribution in [2.75, 3.05) is 0 Å². The first-order chi connectivity index (χ1) is 8.91. The van der Waals surface area contributed by atoms with E-state index in [-0.39, 0.29) is 0 Å². The fourth-order valence-corrected chi connectivity index (χ4v) is 2.15. The predicted octanol–water partition coefficient (Wildman–Crippen LogP) is 6.82. The molecule has 0 fully saturated rings. The second kappa shape index (κ2) is 16.5. The molecule has 0 aromatic heterocycles. The molecule has 0 bridgehead atoms. The lowest BCUT2D eigenvalue weighted by Crippen LogP contribution is -1.78. The van der Waals surface area contributed by atoms with Crippen molar-refractivity contribution in [2.45, 2.75) is 90.9 Å². The SMILES string of the molecule is CC=CCCCCCCCC=CCCCCCC. The normalized spacial score (nSPS) is 11.9. The van der Waals surface area contributed by atoms with Gasteiger partial charge >= 0.3 is 0 Å². The van der Waals surface area contributed by atoms with Gasteiger partial charge in [0.15, 0.2) is 0 Å². The van der Waals surface area contributed by atoms with Crippen molar-refractivity contribution < 1.29 is 0 Å². The first-order valence-electron chi connectivity index (χ1n) is 8.18. The Hall–Kier alpha value is -0.520. The molecule has 0 atom stereocenters. The van der Waals surface area contributed by atoms with Gasteiger partial charge in [0, 0.05) is 0 Å². The summed E-state index contributed by atoms with van der Waals surface area (Å²) in [6, 6.07) is 0. The summed E-state index contributed by atoms with van der Waals surface area (Å²) in [6.07, 6.45) is 25.6. The monoisotopic (exact) mass is 250 g/mol. The van der Waals surface area contributed by atoms with Crippen molar-refractivity contribution in [3.8, 4) is 0 Å². The Labute approximate surface area is 116 Å². The van der Waals surface area contributed by atoms with Gasteiger partial charge in [-0.15, -0.1) is 0 Å². The summed E-state index contributed by atoms with van der Waals surface area (Å²) in [6.45, 7) is 4.38. The Morgan fingerprint density at radius 1 is 0.556 bits per heavy atom. The lowest BCUT2D eigenvalue weighted by molar-refractivity contribution is 0.621. The maximum Gasteiger partial charge on any atom is -0.0351 e. The predicted molar refractivity (Wildman–Crippen MR) is 85.0 cm³/mol. The van der Waals surface area contributed by atoms with E-state index in [4.69, 9.17) is 0 Å². The van der Waals surface area contributed by atoms with Gasteiger partial charge in [-0.2, -0.15) is 0 Å². The maximum atomic E-state index is 2.39. The number of rotatable bonds is 13. The van der Waals surface area contributed by atoms with Crippen LogP contribution in [0.4, 0.5) is 0 Å². The summed E-state index contributed by atoms with van der Waals surface area (Å²) in [7, 11) is 0. The highest BCUT2D eigenvalue weighted by molar-refractivity contribution is 4.81. The summed E-state index contributed by atoms with van der Waals surface area (Å²) in [5.41, 5.74) is 0. The second-order valence-electron chi connectivity index (χ2n) is 5.23. The van der Waals surface area contributed by atoms with Gasteiger partial charge in [0.2, 0.25) is 0 Å². The van der Waals surface area contributed by atoms with Crippen LogP contribution in [0.2, 0.25) is 0 Å². The van der Waals surface area contributed by atoms with Crippen LogP contribution in [-0.2, 0) is 0 Å². The first kappa shape index (κ1) is 17.5. The third-order valence-corrected chi connectivity index (χ3v) is 3.37. The minimum Gasteiger partial charge on any atom is -0.0917 e. The number of allylic oxidation sites excluding steroid dienone is 4. The fraction of sp³-hybridized carbons (Fsp3) is 0.778. The van der Waals surface area contributed by atoms with E-state index in [9.17, 15) is 0 Å². The molecule has 0 amide bonds. The lowest BCUT2D eigenvalue weighted by Gasteiger charge is -1.98. The molecule has 0 heterocycles. The van der Waals surface area contributed by atoms with Crippen LogP contribution < -0.4 is 0 Å². The standard InChI is InChI=1S/C18H34/c1-3-5-7-9-11-13-15-17-18-16-14-12-10-8-6-4-2/h3,5,14,16H,4,6-13,15,17-18H2,1-2H3. The van der Waals surface area contributed by atoms with E-state index in [1.165, 1.54) is 77.0 Å². The molecule has 0 aromatic carbocycles. The summed E-state index contributed by atoms with van der Waals surface area (Å²) in [4.78, 5) is 0. The van der Waals surface area contributed by atoms with Crippen LogP contribution >= 0.6 is 0 Å². The Balaban J connectivity index is 3.03. The number of hydrogen-bond donors (Lipinski definition) is 0. The van der Waals surface area contributed by atoms with Gasteiger partial charge in [0.05, 0.1) is 0 Å². The first-order valence-corrected chi connectivity index (χ1v) is 8.18. The molecule has 0 N–H and O–H groups in total. The molecule has 0 heteroatoms. The second-order valence-corrected chi connectivity index (χ2v) is 5.23. The van der Waals surface area contributed by atoms with E-state index in [1.54, 1.807) is 0 Å². The molecule has 0 aliphatic carbocycles. The van der Waals surface area contributed by atoms with Gasteiger partial charge in [-0.3, -0.25) is 0 Å². The summed E-state index contributed by atoms with van der Waals surface area (Å²) >= 11 is 0. The van der Waals surface area contributed by atoms with Crippen LogP contribution in [0.15, 0.2) is 24.3 Å². The Bertz CT molecular complexity index is 188. The lowest BCUT2D eigenvalue weighted by atomic mass is 10.1. The Morgan fingerprint density at radius 3 is 1.50 bits per heavy atom. The van der Waals surface area contributed by atoms with Crippen molar-refractivity contribution in [2.24, 2.45) is 0 Å². The third-order valence-electron chi connectivity index (χ3n) is 3.37. The molecule has 106 valence electrons. The molecule has 0 spiro atoms. The van der Waals surface area contributed by atoms with Gasteiger partial charge in [0.1, 0.15) is 0 Å². The average Bonchev–Trinajstić information content (AvgIpc) is 2.39. The van der Waals surface area contributed by atoms with Crippen LogP contribution in [0.5, 0.6) is 0 Å². The zero-order valence-electron chi connectivity index (χ0n) is 12.8. The van der Waals surface area contributed by atoms with E-state index in [0.717, 1.165) is 0 Å². The van der Waals surface area contributed by atoms with Gasteiger partial charge in [-0.1, -0.05) is 69.8 Å². The highest BCUT2D eigenvalue weighted by Crippen LogP contribution is 2.09. The molecule has 0 unspecified atom stereocenters. The largest absolute Gasteiger partial charge is 0.0917 e. The quantitative estimate of drug-likeness (QED) is 0.248. The summed E-state index contributed by atoms with van der Waals surface area (Å²) in [5, 5.41) is 0. The molecule has 0 saturated carbocycles. The van der Waals surface area contributed by atoms with Crippen molar-refractivity contribution >= 4 is 0 Å². The van der Waals surface area contributed by atoms with E-state index in [2.05, 4.69) is 38.2 Å². The number of unbranched alkanes of at least 4 members (excludes halogenated alkanes) is 10. The van der Waals surface area contributed by atoms with Gasteiger partial charge < -0.3 is 0 Å². The Kier molecular flexibility index (Phi) is 16.0. The van der Waals surface area contributed by atoms with Crippen molar-refractivity contribution in [1.29, 1.82) is 0 Å². The van der Waals surface area contributed by atoms with Gasteiger partial charge in [-0.25, -0.2) is 0 Å². The molecule has 0 aromatic rings. The third kappa shape index (κ3) is 15.5. The van der Waals surface area contributed by atoms with Crippen LogP contribution in [0.25, 0.3) is 0 Å². The molecule has 0 aliphatic heterocycles. The zero-order chi connectivity index (χ0) is 13.3. The molecule has 18 heavy (non-hydrogen) atoms. The fourth-order valence-electron chi connectivity index (χ4n) is 2.15. The van der Waals surface area contributed by atoms with Gasteiger partial charge in [-0.05, 0) is 45.4 Å². The summed E-state index contributed by atoms with van der Waals surface area (Å²) in [5.74, 6) is 0. The van der Waals surface area contributed by atoms with Crippen molar-refractivity contribution in [3.05, 3.63) is 24.3 Å². The molecule has 0 nitrogen and oxygen atoms in total. The van der Waals surface area contributed by atoms with E-state index >= 15 is 0 Å². The topological polar surface area (TPSA) is 0 Å². The molecule has 0 rings (SSSR count). The number of hydrogen-bond acceptors (Lipinski definition) is 0. The van der Waals surface area contributed by atoms with Crippen LogP contribution in [0, 0.1) is 0 Å². The average molecular weight is 250 g/mol.